The molecular weight excluding hydrogens is 246 g/mol. The fourth-order valence-electron chi connectivity index (χ4n) is 1.70. The van der Waals surface area contributed by atoms with Gasteiger partial charge in [-0.15, -0.1) is 0 Å². The third-order valence-corrected chi connectivity index (χ3v) is 4.38. The molecule has 94 valence electrons. The van der Waals surface area contributed by atoms with E-state index >= 15 is 0 Å². The van der Waals surface area contributed by atoms with Crippen molar-refractivity contribution < 1.29 is 8.42 Å². The molecule has 0 atom stereocenters. The molecule has 2 aromatic carbocycles. The van der Waals surface area contributed by atoms with E-state index in [0.717, 1.165) is 11.1 Å². The van der Waals surface area contributed by atoms with Crippen LogP contribution in [0.25, 0.3) is 0 Å². The lowest BCUT2D eigenvalue weighted by molar-refractivity contribution is 0.595. The van der Waals surface area contributed by atoms with Gasteiger partial charge in [0.1, 0.15) is 0 Å². The van der Waals surface area contributed by atoms with E-state index < -0.39 is 9.84 Å². The van der Waals surface area contributed by atoms with Crippen molar-refractivity contribution in [1.82, 2.24) is 0 Å². The summed E-state index contributed by atoms with van der Waals surface area (Å²) < 4.78 is 24.4. The zero-order chi connectivity index (χ0) is 13.2. The number of sulfone groups is 1. The van der Waals surface area contributed by atoms with Crippen molar-refractivity contribution in [2.45, 2.75) is 17.6 Å². The average molecular weight is 261 g/mol. The highest BCUT2D eigenvalue weighted by molar-refractivity contribution is 7.90. The van der Waals surface area contributed by atoms with Crippen LogP contribution in [0.1, 0.15) is 11.1 Å². The van der Waals surface area contributed by atoms with Crippen molar-refractivity contribution in [3.8, 4) is 0 Å². The first kappa shape index (κ1) is 12.6. The van der Waals surface area contributed by atoms with Crippen LogP contribution in [0.2, 0.25) is 0 Å². The van der Waals surface area contributed by atoms with E-state index in [4.69, 9.17) is 5.73 Å². The minimum atomic E-state index is -3.33. The second-order valence-corrected chi connectivity index (χ2v) is 6.31. The van der Waals surface area contributed by atoms with E-state index in [-0.39, 0.29) is 10.6 Å². The van der Waals surface area contributed by atoms with Crippen LogP contribution in [0.5, 0.6) is 0 Å². The van der Waals surface area contributed by atoms with Gasteiger partial charge in [-0.05, 0) is 30.7 Å². The molecule has 0 aromatic heterocycles. The molecule has 0 heterocycles. The second kappa shape index (κ2) is 4.82. The number of aryl methyl sites for hydroxylation is 1. The number of anilines is 1. The first-order chi connectivity index (χ1) is 8.47. The maximum atomic E-state index is 12.2. The van der Waals surface area contributed by atoms with Crippen molar-refractivity contribution in [2.75, 3.05) is 5.73 Å². The van der Waals surface area contributed by atoms with E-state index in [1.54, 1.807) is 18.2 Å². The SMILES string of the molecule is Cc1ccc(CS(=O)(=O)c2cccc(N)c2)cc1. The number of hydrogen-bond acceptors (Lipinski definition) is 3. The highest BCUT2D eigenvalue weighted by Gasteiger charge is 2.15. The zero-order valence-electron chi connectivity index (χ0n) is 10.1. The maximum absolute atomic E-state index is 12.2. The van der Waals surface area contributed by atoms with E-state index in [0.29, 0.717) is 5.69 Å². The molecule has 0 aliphatic carbocycles. The van der Waals surface area contributed by atoms with Gasteiger partial charge in [-0.1, -0.05) is 35.9 Å². The van der Waals surface area contributed by atoms with Crippen molar-refractivity contribution >= 4 is 15.5 Å². The largest absolute Gasteiger partial charge is 0.399 e. The van der Waals surface area contributed by atoms with Gasteiger partial charge in [0.15, 0.2) is 9.84 Å². The Labute approximate surface area is 107 Å². The van der Waals surface area contributed by atoms with Crippen LogP contribution in [-0.4, -0.2) is 8.42 Å². The van der Waals surface area contributed by atoms with Crippen LogP contribution >= 0.6 is 0 Å². The summed E-state index contributed by atoms with van der Waals surface area (Å²) in [6.45, 7) is 1.97. The molecule has 0 aliphatic rings. The summed E-state index contributed by atoms with van der Waals surface area (Å²) in [6, 6.07) is 13.9. The average Bonchev–Trinajstić information content (AvgIpc) is 2.32. The minimum Gasteiger partial charge on any atom is -0.399 e. The van der Waals surface area contributed by atoms with Crippen LogP contribution in [0, 0.1) is 6.92 Å². The van der Waals surface area contributed by atoms with Crippen LogP contribution in [-0.2, 0) is 15.6 Å². The minimum absolute atomic E-state index is 0.00324. The van der Waals surface area contributed by atoms with E-state index in [2.05, 4.69) is 0 Å². The highest BCUT2D eigenvalue weighted by atomic mass is 32.2. The van der Waals surface area contributed by atoms with E-state index in [9.17, 15) is 8.42 Å². The Kier molecular flexibility index (Phi) is 3.39. The normalized spacial score (nSPS) is 11.4. The Balaban J connectivity index is 2.30. The molecule has 2 aromatic rings. The predicted octanol–water partition coefficient (Wildman–Crippen LogP) is 2.55. The standard InChI is InChI=1S/C14H15NO2S/c1-11-5-7-12(8-6-11)10-18(16,17)14-4-2-3-13(15)9-14/h2-9H,10,15H2,1H3. The number of nitrogens with two attached hydrogens (primary N) is 1. The lowest BCUT2D eigenvalue weighted by Crippen LogP contribution is -2.05. The van der Waals surface area contributed by atoms with Crippen molar-refractivity contribution in [1.29, 1.82) is 0 Å². The van der Waals surface area contributed by atoms with Crippen molar-refractivity contribution in [2.24, 2.45) is 0 Å². The van der Waals surface area contributed by atoms with Crippen molar-refractivity contribution in [3.63, 3.8) is 0 Å². The molecule has 0 bridgehead atoms. The molecule has 3 nitrogen and oxygen atoms in total. The molecule has 18 heavy (non-hydrogen) atoms. The summed E-state index contributed by atoms with van der Waals surface area (Å²) >= 11 is 0. The van der Waals surface area contributed by atoms with Gasteiger partial charge in [0.05, 0.1) is 10.6 Å². The number of nitrogen functional groups attached to an aromatic ring is 1. The lowest BCUT2D eigenvalue weighted by Gasteiger charge is -2.06. The molecule has 0 amide bonds. The molecule has 0 saturated carbocycles. The Morgan fingerprint density at radius 3 is 2.33 bits per heavy atom. The first-order valence-corrected chi connectivity index (χ1v) is 7.26. The van der Waals surface area contributed by atoms with E-state index in [1.807, 2.05) is 31.2 Å². The number of benzene rings is 2. The lowest BCUT2D eigenvalue weighted by atomic mass is 10.2. The summed E-state index contributed by atoms with van der Waals surface area (Å²) in [6.07, 6.45) is 0. The van der Waals surface area contributed by atoms with E-state index in [1.165, 1.54) is 6.07 Å². The molecule has 0 unspecified atom stereocenters. The van der Waals surface area contributed by atoms with Crippen LogP contribution < -0.4 is 5.73 Å². The Morgan fingerprint density at radius 1 is 1.06 bits per heavy atom. The van der Waals surface area contributed by atoms with Gasteiger partial charge in [0, 0.05) is 5.69 Å². The van der Waals surface area contributed by atoms with Gasteiger partial charge in [0.25, 0.3) is 0 Å². The second-order valence-electron chi connectivity index (χ2n) is 4.32. The molecular formula is C14H15NO2S. The van der Waals surface area contributed by atoms with Gasteiger partial charge in [-0.3, -0.25) is 0 Å². The van der Waals surface area contributed by atoms with Crippen LogP contribution in [0.3, 0.4) is 0 Å². The Morgan fingerprint density at radius 2 is 1.72 bits per heavy atom. The van der Waals surface area contributed by atoms with Crippen LogP contribution in [0.4, 0.5) is 5.69 Å². The molecule has 2 N–H and O–H groups in total. The number of hydrogen-bond donors (Lipinski definition) is 1. The molecule has 0 aliphatic heterocycles. The molecule has 0 fully saturated rings. The molecule has 0 radical (unpaired) electrons. The fraction of sp³-hybridized carbons (Fsp3) is 0.143. The number of rotatable bonds is 3. The smallest absolute Gasteiger partial charge is 0.182 e. The summed E-state index contributed by atoms with van der Waals surface area (Å²) in [7, 11) is -3.33. The van der Waals surface area contributed by atoms with Gasteiger partial charge < -0.3 is 5.73 Å². The Hall–Kier alpha value is -1.81. The third-order valence-electron chi connectivity index (χ3n) is 2.69. The maximum Gasteiger partial charge on any atom is 0.182 e. The molecule has 0 saturated heterocycles. The first-order valence-electron chi connectivity index (χ1n) is 5.61. The van der Waals surface area contributed by atoms with Crippen molar-refractivity contribution in [3.05, 3.63) is 59.7 Å². The third kappa shape index (κ3) is 2.90. The topological polar surface area (TPSA) is 60.2 Å². The molecule has 0 spiro atoms. The van der Waals surface area contributed by atoms with Gasteiger partial charge in [-0.2, -0.15) is 0 Å². The predicted molar refractivity (Wildman–Crippen MR) is 72.9 cm³/mol. The molecule has 4 heteroatoms. The Bertz CT molecular complexity index is 646. The summed E-state index contributed by atoms with van der Waals surface area (Å²) in [5.74, 6) is -0.00324. The van der Waals surface area contributed by atoms with Gasteiger partial charge in [0.2, 0.25) is 0 Å². The summed E-state index contributed by atoms with van der Waals surface area (Å²) in [5.41, 5.74) is 7.95. The summed E-state index contributed by atoms with van der Waals surface area (Å²) in [4.78, 5) is 0.267. The fourth-order valence-corrected chi connectivity index (χ4v) is 3.09. The monoisotopic (exact) mass is 261 g/mol. The quantitative estimate of drug-likeness (QED) is 0.864. The van der Waals surface area contributed by atoms with Gasteiger partial charge >= 0.3 is 0 Å². The zero-order valence-corrected chi connectivity index (χ0v) is 10.9. The highest BCUT2D eigenvalue weighted by Crippen LogP contribution is 2.18. The van der Waals surface area contributed by atoms with Crippen LogP contribution in [0.15, 0.2) is 53.4 Å². The summed E-state index contributed by atoms with van der Waals surface area (Å²) in [5, 5.41) is 0. The molecule has 2 rings (SSSR count). The van der Waals surface area contributed by atoms with Gasteiger partial charge in [-0.25, -0.2) is 8.42 Å².